The first-order chi connectivity index (χ1) is 4.58. The maximum atomic E-state index is 10.6. The largest absolute Gasteiger partial charge is 0.249 e. The fraction of sp³-hybridized carbons (Fsp3) is 0.200. The van der Waals surface area contributed by atoms with Crippen LogP contribution in [0.4, 0.5) is 0 Å². The Bertz CT molecular complexity index is 287. The normalized spacial score (nSPS) is 11.7. The van der Waals surface area contributed by atoms with Gasteiger partial charge in [-0.25, -0.2) is 13.4 Å². The Balaban J connectivity index is 2.75. The molecule has 1 aromatic heterocycles. The van der Waals surface area contributed by atoms with Gasteiger partial charge in [-0.2, -0.15) is 0 Å². The van der Waals surface area contributed by atoms with Crippen LogP contribution in [0.25, 0.3) is 0 Å². The summed E-state index contributed by atoms with van der Waals surface area (Å²) in [6.07, 6.45) is 2.98. The van der Waals surface area contributed by atoms with Gasteiger partial charge in [0.05, 0.1) is 23.2 Å². The van der Waals surface area contributed by atoms with Gasteiger partial charge in [0, 0.05) is 5.38 Å². The van der Waals surface area contributed by atoms with Gasteiger partial charge in [-0.1, -0.05) is 0 Å². The van der Waals surface area contributed by atoms with E-state index < -0.39 is 9.84 Å². The molecular weight excluding hydrogens is 170 g/mol. The first-order valence-electron chi connectivity index (χ1n) is 2.51. The van der Waals surface area contributed by atoms with Crippen LogP contribution in [0.15, 0.2) is 10.9 Å². The Kier molecular flexibility index (Phi) is 2.05. The maximum Gasteiger partial charge on any atom is 0.157 e. The summed E-state index contributed by atoms with van der Waals surface area (Å²) < 4.78 is 21.1. The van der Waals surface area contributed by atoms with Crippen molar-refractivity contribution in [3.8, 4) is 0 Å². The standard InChI is InChI=1S/C5H6NO2S2/c1-10(7,8)3-5-2-9-4-6-5/h2,4H,1,3H2. The van der Waals surface area contributed by atoms with Gasteiger partial charge in [0.25, 0.3) is 0 Å². The topological polar surface area (TPSA) is 47.0 Å². The maximum absolute atomic E-state index is 10.6. The molecule has 0 unspecified atom stereocenters. The molecule has 1 radical (unpaired) electrons. The number of nitrogens with zero attached hydrogens (tertiary/aromatic N) is 1. The third-order valence-corrected chi connectivity index (χ3v) is 2.22. The molecule has 0 saturated heterocycles. The molecule has 0 aliphatic heterocycles. The zero-order valence-electron chi connectivity index (χ0n) is 5.15. The van der Waals surface area contributed by atoms with Gasteiger partial charge in [0.1, 0.15) is 0 Å². The summed E-state index contributed by atoms with van der Waals surface area (Å²) in [6.45, 7) is 0. The Labute approximate surface area is 63.6 Å². The van der Waals surface area contributed by atoms with Gasteiger partial charge >= 0.3 is 0 Å². The quantitative estimate of drug-likeness (QED) is 0.671. The lowest BCUT2D eigenvalue weighted by Crippen LogP contribution is -1.97. The smallest absolute Gasteiger partial charge is 0.157 e. The number of aromatic nitrogens is 1. The lowest BCUT2D eigenvalue weighted by molar-refractivity contribution is 0.603. The van der Waals surface area contributed by atoms with Crippen LogP contribution in [-0.2, 0) is 15.6 Å². The predicted octanol–water partition coefficient (Wildman–Crippen LogP) is 0.849. The summed E-state index contributed by atoms with van der Waals surface area (Å²) >= 11 is 1.38. The monoisotopic (exact) mass is 176 g/mol. The van der Waals surface area contributed by atoms with Crippen LogP contribution in [0.2, 0.25) is 0 Å². The van der Waals surface area contributed by atoms with Gasteiger partial charge in [0.15, 0.2) is 9.84 Å². The van der Waals surface area contributed by atoms with Crippen LogP contribution < -0.4 is 0 Å². The van der Waals surface area contributed by atoms with Gasteiger partial charge in [-0.05, 0) is 0 Å². The van der Waals surface area contributed by atoms with Crippen molar-refractivity contribution in [3.63, 3.8) is 0 Å². The third kappa shape index (κ3) is 2.45. The van der Waals surface area contributed by atoms with Crippen LogP contribution in [-0.4, -0.2) is 13.4 Å². The van der Waals surface area contributed by atoms with E-state index in [1.54, 1.807) is 10.9 Å². The first kappa shape index (κ1) is 7.68. The van der Waals surface area contributed by atoms with Crippen molar-refractivity contribution in [2.75, 3.05) is 0 Å². The van der Waals surface area contributed by atoms with E-state index in [0.29, 0.717) is 5.69 Å². The van der Waals surface area contributed by atoms with Gasteiger partial charge in [0.2, 0.25) is 0 Å². The van der Waals surface area contributed by atoms with E-state index in [9.17, 15) is 8.42 Å². The molecule has 0 saturated carbocycles. The van der Waals surface area contributed by atoms with Crippen molar-refractivity contribution in [2.45, 2.75) is 5.75 Å². The van der Waals surface area contributed by atoms with Crippen molar-refractivity contribution in [1.29, 1.82) is 0 Å². The molecule has 0 N–H and O–H groups in total. The minimum Gasteiger partial charge on any atom is -0.249 e. The highest BCUT2D eigenvalue weighted by Crippen LogP contribution is 2.05. The first-order valence-corrected chi connectivity index (χ1v) is 5.27. The summed E-state index contributed by atoms with van der Waals surface area (Å²) in [5, 5.41) is 1.70. The van der Waals surface area contributed by atoms with Gasteiger partial charge in [-0.15, -0.1) is 11.3 Å². The highest BCUT2D eigenvalue weighted by atomic mass is 32.2. The predicted molar refractivity (Wildman–Crippen MR) is 40.1 cm³/mol. The molecule has 1 heterocycles. The molecule has 0 aliphatic rings. The molecular formula is C5H6NO2S2. The zero-order valence-corrected chi connectivity index (χ0v) is 6.78. The van der Waals surface area contributed by atoms with E-state index in [0.717, 1.165) is 0 Å². The van der Waals surface area contributed by atoms with E-state index >= 15 is 0 Å². The van der Waals surface area contributed by atoms with Crippen LogP contribution >= 0.6 is 11.3 Å². The number of sulfone groups is 1. The van der Waals surface area contributed by atoms with Crippen molar-refractivity contribution < 1.29 is 8.42 Å². The SMILES string of the molecule is [CH2]S(=O)(=O)Cc1cscn1. The molecule has 0 aromatic carbocycles. The Hall–Kier alpha value is -0.420. The number of hydrogen-bond donors (Lipinski definition) is 0. The molecule has 0 aliphatic carbocycles. The molecule has 0 atom stereocenters. The second-order valence-electron chi connectivity index (χ2n) is 1.87. The Morgan fingerprint density at radius 2 is 2.40 bits per heavy atom. The molecule has 1 aromatic rings. The van der Waals surface area contributed by atoms with Gasteiger partial charge in [-0.3, -0.25) is 0 Å². The van der Waals surface area contributed by atoms with Gasteiger partial charge < -0.3 is 0 Å². The summed E-state index contributed by atoms with van der Waals surface area (Å²) in [4.78, 5) is 3.80. The van der Waals surface area contributed by atoms with Crippen LogP contribution in [0, 0.1) is 6.26 Å². The minimum atomic E-state index is -3.15. The third-order valence-electron chi connectivity index (χ3n) is 0.851. The molecule has 1 rings (SSSR count). The second kappa shape index (κ2) is 2.67. The number of thiazole rings is 1. The summed E-state index contributed by atoms with van der Waals surface area (Å²) in [5.74, 6) is -0.0590. The fourth-order valence-electron chi connectivity index (χ4n) is 0.534. The van der Waals surface area contributed by atoms with E-state index in [1.807, 2.05) is 0 Å². The average molecular weight is 176 g/mol. The molecule has 0 spiro atoms. The van der Waals surface area contributed by atoms with Crippen molar-refractivity contribution >= 4 is 21.2 Å². The van der Waals surface area contributed by atoms with Crippen molar-refractivity contribution in [3.05, 3.63) is 22.8 Å². The minimum absolute atomic E-state index is 0.0590. The summed E-state index contributed by atoms with van der Waals surface area (Å²) in [6, 6.07) is 0. The second-order valence-corrected chi connectivity index (χ2v) is 4.36. The van der Waals surface area contributed by atoms with E-state index in [4.69, 9.17) is 0 Å². The average Bonchev–Trinajstić information content (AvgIpc) is 2.12. The lowest BCUT2D eigenvalue weighted by Gasteiger charge is -1.89. The van der Waals surface area contributed by atoms with Crippen LogP contribution in [0.3, 0.4) is 0 Å². The van der Waals surface area contributed by atoms with Crippen molar-refractivity contribution in [2.24, 2.45) is 0 Å². The number of rotatable bonds is 2. The molecule has 0 amide bonds. The molecule has 5 heteroatoms. The lowest BCUT2D eigenvalue weighted by atomic mass is 10.6. The van der Waals surface area contributed by atoms with E-state index in [2.05, 4.69) is 11.2 Å². The Morgan fingerprint density at radius 1 is 1.70 bits per heavy atom. The molecule has 0 fully saturated rings. The number of hydrogen-bond acceptors (Lipinski definition) is 4. The van der Waals surface area contributed by atoms with Crippen molar-refractivity contribution in [1.82, 2.24) is 4.98 Å². The Morgan fingerprint density at radius 3 is 2.80 bits per heavy atom. The fourth-order valence-corrected chi connectivity index (χ4v) is 1.81. The van der Waals surface area contributed by atoms with Crippen LogP contribution in [0.5, 0.6) is 0 Å². The molecule has 3 nitrogen and oxygen atoms in total. The zero-order chi connectivity index (χ0) is 7.61. The van der Waals surface area contributed by atoms with E-state index in [1.165, 1.54) is 11.3 Å². The van der Waals surface area contributed by atoms with E-state index in [-0.39, 0.29) is 5.75 Å². The summed E-state index contributed by atoms with van der Waals surface area (Å²) in [5.41, 5.74) is 2.17. The van der Waals surface area contributed by atoms with Crippen LogP contribution in [0.1, 0.15) is 5.69 Å². The molecule has 0 bridgehead atoms. The molecule has 10 heavy (non-hydrogen) atoms. The molecule has 55 valence electrons. The highest BCUT2D eigenvalue weighted by Gasteiger charge is 2.04. The highest BCUT2D eigenvalue weighted by molar-refractivity contribution is 7.91. The summed E-state index contributed by atoms with van der Waals surface area (Å²) in [7, 11) is -3.15.